The third kappa shape index (κ3) is 7.51. The number of anilines is 1. The second-order valence-electron chi connectivity index (χ2n) is 8.14. The fourth-order valence-corrected chi connectivity index (χ4v) is 3.37. The molecule has 7 nitrogen and oxygen atoms in total. The molecule has 0 aromatic heterocycles. The van der Waals surface area contributed by atoms with Gasteiger partial charge in [-0.2, -0.15) is 0 Å². The molecule has 0 heterocycles. The van der Waals surface area contributed by atoms with Crippen molar-refractivity contribution in [2.75, 3.05) is 17.5 Å². The Morgan fingerprint density at radius 3 is 2.17 bits per heavy atom. The normalized spacial score (nSPS) is 11.6. The van der Waals surface area contributed by atoms with E-state index in [0.717, 1.165) is 11.8 Å². The van der Waals surface area contributed by atoms with Gasteiger partial charge in [-0.25, -0.2) is 8.42 Å². The molecule has 0 unspecified atom stereocenters. The van der Waals surface area contributed by atoms with Gasteiger partial charge in [0.1, 0.15) is 0 Å². The maximum absolute atomic E-state index is 12.2. The SMILES string of the molecule is CC(C)(C)c1ccc(C(=O)NCCC(=O)NCc2ccccc2NS(C)(=O)=O)cc1. The number of carbonyl (C=O) groups is 2. The Kier molecular flexibility index (Phi) is 7.61. The van der Waals surface area contributed by atoms with E-state index in [0.29, 0.717) is 16.8 Å². The first-order valence-corrected chi connectivity index (χ1v) is 11.6. The largest absolute Gasteiger partial charge is 0.352 e. The quantitative estimate of drug-likeness (QED) is 0.598. The van der Waals surface area contributed by atoms with Crippen molar-refractivity contribution >= 4 is 27.5 Å². The lowest BCUT2D eigenvalue weighted by molar-refractivity contribution is -0.121. The van der Waals surface area contributed by atoms with Gasteiger partial charge in [0.15, 0.2) is 0 Å². The van der Waals surface area contributed by atoms with E-state index >= 15 is 0 Å². The first-order valence-electron chi connectivity index (χ1n) is 9.67. The number of nitrogens with one attached hydrogen (secondary N) is 3. The Labute approximate surface area is 178 Å². The van der Waals surface area contributed by atoms with Gasteiger partial charge < -0.3 is 10.6 Å². The molecule has 0 spiro atoms. The van der Waals surface area contributed by atoms with Crippen molar-refractivity contribution in [1.29, 1.82) is 0 Å². The average molecular weight is 432 g/mol. The Morgan fingerprint density at radius 1 is 0.933 bits per heavy atom. The van der Waals surface area contributed by atoms with Crippen LogP contribution in [0.2, 0.25) is 0 Å². The van der Waals surface area contributed by atoms with E-state index in [2.05, 4.69) is 36.1 Å². The molecule has 0 saturated heterocycles. The lowest BCUT2D eigenvalue weighted by Crippen LogP contribution is -2.30. The van der Waals surface area contributed by atoms with Gasteiger partial charge in [-0.3, -0.25) is 14.3 Å². The third-order valence-electron chi connectivity index (χ3n) is 4.44. The molecule has 8 heteroatoms. The topological polar surface area (TPSA) is 104 Å². The van der Waals surface area contributed by atoms with Crippen LogP contribution in [0.25, 0.3) is 0 Å². The molecule has 30 heavy (non-hydrogen) atoms. The fourth-order valence-electron chi connectivity index (χ4n) is 2.77. The van der Waals surface area contributed by atoms with Crippen molar-refractivity contribution in [3.63, 3.8) is 0 Å². The smallest absolute Gasteiger partial charge is 0.251 e. The molecule has 2 rings (SSSR count). The predicted molar refractivity (Wildman–Crippen MR) is 119 cm³/mol. The van der Waals surface area contributed by atoms with Gasteiger partial charge in [-0.1, -0.05) is 51.1 Å². The maximum atomic E-state index is 12.2. The minimum atomic E-state index is -3.41. The Morgan fingerprint density at radius 2 is 1.57 bits per heavy atom. The molecule has 0 aliphatic carbocycles. The summed E-state index contributed by atoms with van der Waals surface area (Å²) in [6, 6.07) is 14.3. The summed E-state index contributed by atoms with van der Waals surface area (Å²) in [5, 5.41) is 5.47. The van der Waals surface area contributed by atoms with Gasteiger partial charge in [-0.05, 0) is 34.7 Å². The number of para-hydroxylation sites is 1. The number of carbonyl (C=O) groups excluding carboxylic acids is 2. The van der Waals surface area contributed by atoms with Crippen molar-refractivity contribution in [3.05, 3.63) is 65.2 Å². The number of rotatable bonds is 8. The summed E-state index contributed by atoms with van der Waals surface area (Å²) in [6.07, 6.45) is 1.19. The van der Waals surface area contributed by atoms with Crippen molar-refractivity contribution < 1.29 is 18.0 Å². The first-order chi connectivity index (χ1) is 14.0. The van der Waals surface area contributed by atoms with Crippen molar-refractivity contribution in [3.8, 4) is 0 Å². The van der Waals surface area contributed by atoms with E-state index in [4.69, 9.17) is 0 Å². The molecule has 3 N–H and O–H groups in total. The van der Waals surface area contributed by atoms with Crippen molar-refractivity contribution in [2.45, 2.75) is 39.2 Å². The molecule has 0 radical (unpaired) electrons. The highest BCUT2D eigenvalue weighted by Gasteiger charge is 2.14. The summed E-state index contributed by atoms with van der Waals surface area (Å²) in [6.45, 7) is 6.71. The van der Waals surface area contributed by atoms with Gasteiger partial charge in [-0.15, -0.1) is 0 Å². The number of amides is 2. The van der Waals surface area contributed by atoms with E-state index in [9.17, 15) is 18.0 Å². The molecular weight excluding hydrogens is 402 g/mol. The predicted octanol–water partition coefficient (Wildman–Crippen LogP) is 2.79. The van der Waals surface area contributed by atoms with Crippen LogP contribution in [0.5, 0.6) is 0 Å². The van der Waals surface area contributed by atoms with Gasteiger partial charge in [0.25, 0.3) is 5.91 Å². The van der Waals surface area contributed by atoms with Crippen LogP contribution in [0.4, 0.5) is 5.69 Å². The molecule has 0 atom stereocenters. The van der Waals surface area contributed by atoms with Crippen LogP contribution in [0, 0.1) is 0 Å². The highest BCUT2D eigenvalue weighted by atomic mass is 32.2. The maximum Gasteiger partial charge on any atom is 0.251 e. The highest BCUT2D eigenvalue weighted by molar-refractivity contribution is 7.92. The second-order valence-corrected chi connectivity index (χ2v) is 9.89. The van der Waals surface area contributed by atoms with Gasteiger partial charge in [0.2, 0.25) is 15.9 Å². The molecular formula is C22H29N3O4S. The number of hydrogen-bond donors (Lipinski definition) is 3. The molecule has 162 valence electrons. The zero-order valence-electron chi connectivity index (χ0n) is 17.8. The van der Waals surface area contributed by atoms with E-state index in [1.165, 1.54) is 0 Å². The number of hydrogen-bond acceptors (Lipinski definition) is 4. The lowest BCUT2D eigenvalue weighted by atomic mass is 9.87. The van der Waals surface area contributed by atoms with Crippen LogP contribution >= 0.6 is 0 Å². The monoisotopic (exact) mass is 431 g/mol. The van der Waals surface area contributed by atoms with E-state index < -0.39 is 10.0 Å². The molecule has 2 amide bonds. The molecule has 0 saturated carbocycles. The Balaban J connectivity index is 1.81. The molecule has 0 aliphatic rings. The minimum Gasteiger partial charge on any atom is -0.352 e. The number of benzene rings is 2. The van der Waals surface area contributed by atoms with Crippen LogP contribution in [0.1, 0.15) is 48.7 Å². The van der Waals surface area contributed by atoms with Crippen LogP contribution < -0.4 is 15.4 Å². The number of sulfonamides is 1. The van der Waals surface area contributed by atoms with Crippen LogP contribution in [0.15, 0.2) is 48.5 Å². The van der Waals surface area contributed by atoms with E-state index in [-0.39, 0.29) is 36.7 Å². The van der Waals surface area contributed by atoms with Gasteiger partial charge in [0.05, 0.1) is 11.9 Å². The zero-order chi connectivity index (χ0) is 22.4. The Hall–Kier alpha value is -2.87. The minimum absolute atomic E-state index is 0.0164. The molecule has 0 aliphatic heterocycles. The first kappa shape index (κ1) is 23.4. The summed E-state index contributed by atoms with van der Waals surface area (Å²) in [4.78, 5) is 24.3. The summed E-state index contributed by atoms with van der Waals surface area (Å²) >= 11 is 0. The molecule has 2 aromatic rings. The molecule has 0 bridgehead atoms. The fraction of sp³-hybridized carbons (Fsp3) is 0.364. The average Bonchev–Trinajstić information content (AvgIpc) is 2.65. The summed E-state index contributed by atoms with van der Waals surface area (Å²) in [5.41, 5.74) is 2.78. The third-order valence-corrected chi connectivity index (χ3v) is 5.03. The van der Waals surface area contributed by atoms with E-state index in [1.54, 1.807) is 36.4 Å². The van der Waals surface area contributed by atoms with Gasteiger partial charge >= 0.3 is 0 Å². The highest BCUT2D eigenvalue weighted by Crippen LogP contribution is 2.22. The van der Waals surface area contributed by atoms with Crippen LogP contribution in [-0.4, -0.2) is 33.0 Å². The van der Waals surface area contributed by atoms with Crippen molar-refractivity contribution in [2.24, 2.45) is 0 Å². The zero-order valence-corrected chi connectivity index (χ0v) is 18.6. The molecule has 0 fully saturated rings. The van der Waals surface area contributed by atoms with Crippen LogP contribution in [0.3, 0.4) is 0 Å². The van der Waals surface area contributed by atoms with E-state index in [1.807, 2.05) is 12.1 Å². The molecule has 2 aromatic carbocycles. The van der Waals surface area contributed by atoms with Gasteiger partial charge in [0, 0.05) is 25.1 Å². The summed E-state index contributed by atoms with van der Waals surface area (Å²) in [5.74, 6) is -0.474. The lowest BCUT2D eigenvalue weighted by Gasteiger charge is -2.19. The Bertz CT molecular complexity index is 994. The van der Waals surface area contributed by atoms with Crippen molar-refractivity contribution in [1.82, 2.24) is 10.6 Å². The van der Waals surface area contributed by atoms with Crippen LogP contribution in [-0.2, 0) is 26.8 Å². The summed E-state index contributed by atoms with van der Waals surface area (Å²) < 4.78 is 25.3. The standard InChI is InChI=1S/C22H29N3O4S/c1-22(2,3)18-11-9-16(10-12-18)21(27)23-14-13-20(26)24-15-17-7-5-6-8-19(17)25-30(4,28)29/h5-12,25H,13-15H2,1-4H3,(H,23,27)(H,24,26). The summed E-state index contributed by atoms with van der Waals surface area (Å²) in [7, 11) is -3.41. The second kappa shape index (κ2) is 9.75.